The Balaban J connectivity index is 3.21. The van der Waals surface area contributed by atoms with Crippen molar-refractivity contribution in [3.05, 3.63) is 0 Å². The van der Waals surface area contributed by atoms with Crippen molar-refractivity contribution in [2.75, 3.05) is 6.61 Å². The lowest BCUT2D eigenvalue weighted by Crippen LogP contribution is -2.12. The quantitative estimate of drug-likeness (QED) is 0.459. The van der Waals surface area contributed by atoms with Crippen LogP contribution in [-0.4, -0.2) is 18.7 Å². The van der Waals surface area contributed by atoms with Crippen molar-refractivity contribution in [3.63, 3.8) is 0 Å². The van der Waals surface area contributed by atoms with Crippen molar-refractivity contribution in [2.45, 2.75) is 45.7 Å². The van der Waals surface area contributed by atoms with Gasteiger partial charge in [-0.05, 0) is 6.42 Å². The Kier molecular flexibility index (Phi) is 6.72. The summed E-state index contributed by atoms with van der Waals surface area (Å²) in [4.78, 5) is 10.3. The minimum Gasteiger partial charge on any atom is -0.463 e. The number of carbonyl (C=O) groups excluding carboxylic acids is 1. The first-order valence-electron chi connectivity index (χ1n) is 4.44. The van der Waals surface area contributed by atoms with Crippen LogP contribution < -0.4 is 0 Å². The molecule has 0 saturated carbocycles. The van der Waals surface area contributed by atoms with Crippen LogP contribution in [0.15, 0.2) is 0 Å². The van der Waals surface area contributed by atoms with Crippen molar-refractivity contribution in [1.82, 2.24) is 0 Å². The highest BCUT2D eigenvalue weighted by molar-refractivity contribution is 5.65. The van der Waals surface area contributed by atoms with E-state index in [0.717, 1.165) is 19.3 Å². The van der Waals surface area contributed by atoms with Gasteiger partial charge in [0.05, 0.1) is 0 Å². The molecule has 0 saturated heterocycles. The Labute approximate surface area is 73.1 Å². The molecule has 0 rings (SSSR count). The third-order valence-electron chi connectivity index (χ3n) is 1.59. The Bertz CT molecular complexity index is 126. The summed E-state index contributed by atoms with van der Waals surface area (Å²) in [5, 5.41) is 0. The van der Waals surface area contributed by atoms with Crippen molar-refractivity contribution in [2.24, 2.45) is 0 Å². The van der Waals surface area contributed by atoms with E-state index in [2.05, 4.69) is 11.7 Å². The summed E-state index contributed by atoms with van der Waals surface area (Å²) in [5.41, 5.74) is 0. The molecule has 1 unspecified atom stereocenters. The molecule has 0 bridgehead atoms. The van der Waals surface area contributed by atoms with Crippen LogP contribution in [0, 0.1) is 0 Å². The highest BCUT2D eigenvalue weighted by Crippen LogP contribution is 2.06. The number of unbranched alkanes of at least 4 members (excludes halogenated alkanes) is 2. The zero-order chi connectivity index (χ0) is 9.40. The molecular weight excluding hydrogens is 159 g/mol. The van der Waals surface area contributed by atoms with Gasteiger partial charge in [0.2, 0.25) is 0 Å². The SMILES string of the molecule is CCCCCC(F)COC(C)=O. The first-order valence-corrected chi connectivity index (χ1v) is 4.44. The van der Waals surface area contributed by atoms with Gasteiger partial charge in [0, 0.05) is 6.92 Å². The van der Waals surface area contributed by atoms with E-state index in [9.17, 15) is 9.18 Å². The topological polar surface area (TPSA) is 26.3 Å². The van der Waals surface area contributed by atoms with Gasteiger partial charge in [-0.2, -0.15) is 0 Å². The molecule has 0 N–H and O–H groups in total. The number of hydrogen-bond donors (Lipinski definition) is 0. The van der Waals surface area contributed by atoms with E-state index in [-0.39, 0.29) is 6.61 Å². The van der Waals surface area contributed by atoms with Crippen LogP contribution in [0.5, 0.6) is 0 Å². The van der Waals surface area contributed by atoms with E-state index in [1.165, 1.54) is 6.92 Å². The second-order valence-electron chi connectivity index (χ2n) is 2.90. The van der Waals surface area contributed by atoms with Crippen molar-refractivity contribution >= 4 is 5.97 Å². The Morgan fingerprint density at radius 1 is 1.50 bits per heavy atom. The summed E-state index contributed by atoms with van der Waals surface area (Å²) in [7, 11) is 0. The lowest BCUT2D eigenvalue weighted by atomic mass is 10.1. The van der Waals surface area contributed by atoms with Gasteiger partial charge in [0.15, 0.2) is 0 Å². The van der Waals surface area contributed by atoms with Crippen molar-refractivity contribution in [3.8, 4) is 0 Å². The number of halogens is 1. The number of ether oxygens (including phenoxy) is 1. The molecule has 0 aliphatic carbocycles. The van der Waals surface area contributed by atoms with Gasteiger partial charge in [-0.25, -0.2) is 4.39 Å². The molecule has 0 aliphatic heterocycles. The molecule has 0 fully saturated rings. The molecule has 1 atom stereocenters. The molecule has 12 heavy (non-hydrogen) atoms. The van der Waals surface area contributed by atoms with Gasteiger partial charge < -0.3 is 4.74 Å². The molecule has 0 aromatic carbocycles. The standard InChI is InChI=1S/C9H17FO2/c1-3-4-5-6-9(10)7-12-8(2)11/h9H,3-7H2,1-2H3. The van der Waals surface area contributed by atoms with E-state index in [0.29, 0.717) is 6.42 Å². The molecular formula is C9H17FO2. The predicted molar refractivity (Wildman–Crippen MR) is 45.7 cm³/mol. The highest BCUT2D eigenvalue weighted by atomic mass is 19.1. The van der Waals surface area contributed by atoms with Crippen LogP contribution >= 0.6 is 0 Å². The zero-order valence-electron chi connectivity index (χ0n) is 7.81. The molecule has 0 spiro atoms. The molecule has 72 valence electrons. The van der Waals surface area contributed by atoms with Gasteiger partial charge in [-0.1, -0.05) is 26.2 Å². The van der Waals surface area contributed by atoms with Gasteiger partial charge in [-0.3, -0.25) is 4.79 Å². The fourth-order valence-electron chi connectivity index (χ4n) is 0.907. The lowest BCUT2D eigenvalue weighted by molar-refractivity contribution is -0.142. The van der Waals surface area contributed by atoms with Gasteiger partial charge in [-0.15, -0.1) is 0 Å². The van der Waals surface area contributed by atoms with Gasteiger partial charge in [0.1, 0.15) is 12.8 Å². The maximum atomic E-state index is 12.8. The van der Waals surface area contributed by atoms with Crippen molar-refractivity contribution < 1.29 is 13.9 Å². The van der Waals surface area contributed by atoms with Crippen LogP contribution in [0.3, 0.4) is 0 Å². The first-order chi connectivity index (χ1) is 5.66. The largest absolute Gasteiger partial charge is 0.463 e. The number of alkyl halides is 1. The average molecular weight is 176 g/mol. The minimum atomic E-state index is -0.986. The third kappa shape index (κ3) is 7.51. The van der Waals surface area contributed by atoms with Crippen molar-refractivity contribution in [1.29, 1.82) is 0 Å². The first kappa shape index (κ1) is 11.4. The molecule has 0 heterocycles. The monoisotopic (exact) mass is 176 g/mol. The van der Waals surface area contributed by atoms with Crippen LogP contribution in [0.25, 0.3) is 0 Å². The zero-order valence-corrected chi connectivity index (χ0v) is 7.81. The number of hydrogen-bond acceptors (Lipinski definition) is 2. The fraction of sp³-hybridized carbons (Fsp3) is 0.889. The molecule has 0 aromatic heterocycles. The summed E-state index contributed by atoms with van der Waals surface area (Å²) in [6.45, 7) is 3.27. The van der Waals surface area contributed by atoms with Crippen LogP contribution in [0.4, 0.5) is 4.39 Å². The Hall–Kier alpha value is -0.600. The van der Waals surface area contributed by atoms with Gasteiger partial charge >= 0.3 is 5.97 Å². The molecule has 3 heteroatoms. The van der Waals surface area contributed by atoms with E-state index in [4.69, 9.17) is 0 Å². The van der Waals surface area contributed by atoms with Gasteiger partial charge in [0.25, 0.3) is 0 Å². The molecule has 0 amide bonds. The maximum absolute atomic E-state index is 12.8. The number of esters is 1. The maximum Gasteiger partial charge on any atom is 0.302 e. The average Bonchev–Trinajstić information content (AvgIpc) is 2.01. The lowest BCUT2D eigenvalue weighted by Gasteiger charge is -2.06. The predicted octanol–water partition coefficient (Wildman–Crippen LogP) is 2.47. The fourth-order valence-corrected chi connectivity index (χ4v) is 0.907. The number of rotatable bonds is 6. The second kappa shape index (κ2) is 7.07. The molecule has 0 radical (unpaired) electrons. The van der Waals surface area contributed by atoms with E-state index in [1.807, 2.05) is 0 Å². The summed E-state index contributed by atoms with van der Waals surface area (Å²) >= 11 is 0. The summed E-state index contributed by atoms with van der Waals surface area (Å²) in [6.07, 6.45) is 2.52. The van der Waals surface area contributed by atoms with E-state index >= 15 is 0 Å². The summed E-state index contributed by atoms with van der Waals surface area (Å²) < 4.78 is 17.3. The smallest absolute Gasteiger partial charge is 0.302 e. The normalized spacial score (nSPS) is 12.6. The molecule has 0 aromatic rings. The molecule has 0 aliphatic rings. The number of carbonyl (C=O) groups is 1. The Morgan fingerprint density at radius 3 is 2.67 bits per heavy atom. The van der Waals surface area contributed by atoms with E-state index in [1.54, 1.807) is 0 Å². The van der Waals surface area contributed by atoms with Crippen LogP contribution in [-0.2, 0) is 9.53 Å². The van der Waals surface area contributed by atoms with E-state index < -0.39 is 12.1 Å². The minimum absolute atomic E-state index is 0.0843. The summed E-state index contributed by atoms with van der Waals surface area (Å²) in [5.74, 6) is -0.409. The van der Waals surface area contributed by atoms with Crippen LogP contribution in [0.1, 0.15) is 39.5 Å². The summed E-state index contributed by atoms with van der Waals surface area (Å²) in [6, 6.07) is 0. The highest BCUT2D eigenvalue weighted by Gasteiger charge is 2.07. The Morgan fingerprint density at radius 2 is 2.17 bits per heavy atom. The third-order valence-corrected chi connectivity index (χ3v) is 1.59. The second-order valence-corrected chi connectivity index (χ2v) is 2.90. The van der Waals surface area contributed by atoms with Crippen LogP contribution in [0.2, 0.25) is 0 Å². The molecule has 2 nitrogen and oxygen atoms in total.